The minimum atomic E-state index is -0.880. The first-order chi connectivity index (χ1) is 9.76. The van der Waals surface area contributed by atoms with Crippen molar-refractivity contribution in [3.8, 4) is 0 Å². The van der Waals surface area contributed by atoms with Gasteiger partial charge in [0.25, 0.3) is 0 Å². The second-order valence-corrected chi connectivity index (χ2v) is 8.19. The molecule has 1 unspecified atom stereocenters. The summed E-state index contributed by atoms with van der Waals surface area (Å²) < 4.78 is 0. The molecule has 5 heteroatoms. The van der Waals surface area contributed by atoms with Crippen molar-refractivity contribution < 1.29 is 14.8 Å². The van der Waals surface area contributed by atoms with Crippen LogP contribution in [0.1, 0.15) is 52.4 Å². The van der Waals surface area contributed by atoms with Crippen molar-refractivity contribution >= 4 is 5.97 Å². The molecule has 3 aliphatic carbocycles. The molecule has 3 aliphatic rings. The third kappa shape index (κ3) is 2.25. The van der Waals surface area contributed by atoms with Crippen molar-refractivity contribution in [1.82, 2.24) is 0 Å². The number of carbonyl (C=O) groups is 1. The number of fused-ring (bicyclic) bond motifs is 1. The van der Waals surface area contributed by atoms with Crippen LogP contribution in [0.4, 0.5) is 0 Å². The van der Waals surface area contributed by atoms with E-state index in [1.54, 1.807) is 0 Å². The van der Waals surface area contributed by atoms with Gasteiger partial charge in [-0.15, -0.1) is 0 Å². The van der Waals surface area contributed by atoms with Gasteiger partial charge in [-0.25, -0.2) is 0 Å². The van der Waals surface area contributed by atoms with Crippen molar-refractivity contribution in [2.45, 2.75) is 52.4 Å². The van der Waals surface area contributed by atoms with Crippen LogP contribution in [0, 0.1) is 44.6 Å². The van der Waals surface area contributed by atoms with Gasteiger partial charge in [0.15, 0.2) is 0 Å². The van der Waals surface area contributed by atoms with E-state index in [1.807, 2.05) is 0 Å². The van der Waals surface area contributed by atoms with Crippen LogP contribution in [-0.4, -0.2) is 22.5 Å². The zero-order valence-corrected chi connectivity index (χ0v) is 12.9. The predicted octanol–water partition coefficient (Wildman–Crippen LogP) is 3.21. The number of nitro groups is 1. The summed E-state index contributed by atoms with van der Waals surface area (Å²) in [5.74, 6) is 1.18. The Hall–Kier alpha value is -1.13. The average molecular weight is 295 g/mol. The Balaban J connectivity index is 1.96. The Morgan fingerprint density at radius 1 is 1.43 bits per heavy atom. The third-order valence-electron chi connectivity index (χ3n) is 7.10. The molecular weight excluding hydrogens is 270 g/mol. The summed E-state index contributed by atoms with van der Waals surface area (Å²) in [4.78, 5) is 22.2. The first kappa shape index (κ1) is 14.8. The van der Waals surface area contributed by atoms with Gasteiger partial charge in [-0.05, 0) is 61.2 Å². The average Bonchev–Trinajstić information content (AvgIpc) is 2.68. The lowest BCUT2D eigenvalue weighted by Crippen LogP contribution is -2.46. The van der Waals surface area contributed by atoms with Gasteiger partial charge >= 0.3 is 5.97 Å². The molecule has 21 heavy (non-hydrogen) atoms. The Kier molecular flexibility index (Phi) is 3.30. The monoisotopic (exact) mass is 295 g/mol. The number of nitrogens with zero attached hydrogens (tertiary/aromatic N) is 1. The fraction of sp³-hybridized carbons (Fsp3) is 0.938. The molecule has 118 valence electrons. The highest BCUT2D eigenvalue weighted by molar-refractivity contribution is 5.68. The van der Waals surface area contributed by atoms with Gasteiger partial charge in [0.1, 0.15) is 0 Å². The van der Waals surface area contributed by atoms with E-state index >= 15 is 0 Å². The molecule has 3 rings (SSSR count). The van der Waals surface area contributed by atoms with Crippen molar-refractivity contribution in [2.75, 3.05) is 6.54 Å². The normalized spacial score (nSPS) is 48.1. The van der Waals surface area contributed by atoms with E-state index in [1.165, 1.54) is 6.42 Å². The molecule has 0 spiro atoms. The zero-order valence-electron chi connectivity index (χ0n) is 12.9. The van der Waals surface area contributed by atoms with Crippen LogP contribution < -0.4 is 0 Å². The summed E-state index contributed by atoms with van der Waals surface area (Å²) in [5, 5.41) is 20.5. The summed E-state index contributed by atoms with van der Waals surface area (Å²) >= 11 is 0. The van der Waals surface area contributed by atoms with Crippen LogP contribution >= 0.6 is 0 Å². The molecule has 5 nitrogen and oxygen atoms in total. The first-order valence-electron chi connectivity index (χ1n) is 8.09. The molecule has 0 aliphatic heterocycles. The Bertz CT molecular complexity index is 461. The molecule has 3 saturated carbocycles. The molecule has 0 aromatic heterocycles. The van der Waals surface area contributed by atoms with E-state index in [0.29, 0.717) is 17.8 Å². The summed E-state index contributed by atoms with van der Waals surface area (Å²) in [6.07, 6.45) is 5.00. The summed E-state index contributed by atoms with van der Waals surface area (Å²) in [6, 6.07) is 0. The van der Waals surface area contributed by atoms with Gasteiger partial charge in [0.2, 0.25) is 6.54 Å². The first-order valence-corrected chi connectivity index (χ1v) is 8.09. The number of carboxylic acids is 1. The molecule has 0 radical (unpaired) electrons. The van der Waals surface area contributed by atoms with Crippen molar-refractivity contribution in [2.24, 2.45) is 34.5 Å². The number of hydrogen-bond donors (Lipinski definition) is 1. The van der Waals surface area contributed by atoms with Gasteiger partial charge in [0.05, 0.1) is 6.42 Å². The van der Waals surface area contributed by atoms with Crippen molar-refractivity contribution in [3.05, 3.63) is 10.1 Å². The lowest BCUT2D eigenvalue weighted by Gasteiger charge is -2.47. The fourth-order valence-corrected chi connectivity index (χ4v) is 5.92. The molecule has 2 bridgehead atoms. The maximum Gasteiger partial charge on any atom is 0.304 e. The zero-order chi connectivity index (χ0) is 15.4. The number of aliphatic carboxylic acids is 1. The Morgan fingerprint density at radius 3 is 2.76 bits per heavy atom. The molecule has 0 aromatic rings. The third-order valence-corrected chi connectivity index (χ3v) is 7.10. The van der Waals surface area contributed by atoms with Crippen LogP contribution in [0.5, 0.6) is 0 Å². The lowest BCUT2D eigenvalue weighted by atomic mass is 9.56. The molecule has 0 aromatic carbocycles. The fourth-order valence-electron chi connectivity index (χ4n) is 5.92. The molecule has 0 heterocycles. The smallest absolute Gasteiger partial charge is 0.304 e. The van der Waals surface area contributed by atoms with E-state index in [0.717, 1.165) is 25.7 Å². The van der Waals surface area contributed by atoms with E-state index in [-0.39, 0.29) is 29.2 Å². The van der Waals surface area contributed by atoms with E-state index in [2.05, 4.69) is 13.8 Å². The lowest BCUT2D eigenvalue weighted by molar-refractivity contribution is -0.502. The van der Waals surface area contributed by atoms with Gasteiger partial charge in [-0.2, -0.15) is 0 Å². The number of carboxylic acid groups (broad SMARTS) is 1. The van der Waals surface area contributed by atoms with Gasteiger partial charge in [0, 0.05) is 10.3 Å². The summed E-state index contributed by atoms with van der Waals surface area (Å²) in [6.45, 7) is 4.45. The van der Waals surface area contributed by atoms with Crippen LogP contribution in [0.25, 0.3) is 0 Å². The van der Waals surface area contributed by atoms with Crippen LogP contribution in [-0.2, 0) is 4.79 Å². The highest BCUT2D eigenvalue weighted by Crippen LogP contribution is 2.67. The standard InChI is InChI=1S/C16H25NO4/c1-10-5-11-3-4-16(8-14(18)19,9-17(20)21)13-7-15(10,2)6-12(11)13/h10-13H,3-9H2,1-2H3,(H,18,19)/t10?,11-,12-,13-,15-,16-/m0/s1. The van der Waals surface area contributed by atoms with E-state index in [9.17, 15) is 20.0 Å². The Labute approximate surface area is 125 Å². The minimum absolute atomic E-state index is 0.0354. The van der Waals surface area contributed by atoms with E-state index in [4.69, 9.17) is 0 Å². The highest BCUT2D eigenvalue weighted by Gasteiger charge is 2.62. The predicted molar refractivity (Wildman–Crippen MR) is 77.4 cm³/mol. The molecule has 0 saturated heterocycles. The molecule has 0 amide bonds. The van der Waals surface area contributed by atoms with Crippen LogP contribution in [0.2, 0.25) is 0 Å². The SMILES string of the molecule is CC1C[C@@H]2CC[C@](CC(=O)O)(C[N+](=O)[O-])[C@H]3C[C@]1(C)C[C@@H]23. The van der Waals surface area contributed by atoms with Gasteiger partial charge < -0.3 is 5.11 Å². The largest absolute Gasteiger partial charge is 0.481 e. The van der Waals surface area contributed by atoms with Crippen molar-refractivity contribution in [1.29, 1.82) is 0 Å². The maximum absolute atomic E-state index is 11.3. The maximum atomic E-state index is 11.3. The van der Waals surface area contributed by atoms with Gasteiger partial charge in [-0.1, -0.05) is 13.8 Å². The van der Waals surface area contributed by atoms with E-state index < -0.39 is 11.4 Å². The molecule has 1 N–H and O–H groups in total. The highest BCUT2D eigenvalue weighted by atomic mass is 16.6. The molecule has 6 atom stereocenters. The van der Waals surface area contributed by atoms with Gasteiger partial charge in [-0.3, -0.25) is 14.9 Å². The topological polar surface area (TPSA) is 80.4 Å². The molecular formula is C16H25NO4. The number of rotatable bonds is 4. The minimum Gasteiger partial charge on any atom is -0.481 e. The Morgan fingerprint density at radius 2 is 2.14 bits per heavy atom. The second-order valence-electron chi connectivity index (χ2n) is 8.19. The van der Waals surface area contributed by atoms with Crippen LogP contribution in [0.15, 0.2) is 0 Å². The van der Waals surface area contributed by atoms with Crippen molar-refractivity contribution in [3.63, 3.8) is 0 Å². The number of hydrogen-bond acceptors (Lipinski definition) is 3. The summed E-state index contributed by atoms with van der Waals surface area (Å²) in [7, 11) is 0. The second kappa shape index (κ2) is 4.68. The molecule has 3 fully saturated rings. The quantitative estimate of drug-likeness (QED) is 0.638. The summed E-state index contributed by atoms with van der Waals surface area (Å²) in [5.41, 5.74) is -0.352. The van der Waals surface area contributed by atoms with Crippen LogP contribution in [0.3, 0.4) is 0 Å².